The van der Waals surface area contributed by atoms with Gasteiger partial charge in [0, 0.05) is 23.8 Å². The van der Waals surface area contributed by atoms with Crippen LogP contribution in [0.2, 0.25) is 0 Å². The predicted octanol–water partition coefficient (Wildman–Crippen LogP) is 3.97. The molecule has 1 heterocycles. The summed E-state index contributed by atoms with van der Waals surface area (Å²) in [5.41, 5.74) is 4.49. The lowest BCUT2D eigenvalue weighted by atomic mass is 10.1. The lowest BCUT2D eigenvalue weighted by molar-refractivity contribution is 0.910. The van der Waals surface area contributed by atoms with E-state index < -0.39 is 0 Å². The minimum atomic E-state index is 0.648. The number of hydrogen-bond donors (Lipinski definition) is 0. The molecule has 0 aliphatic carbocycles. The zero-order valence-electron chi connectivity index (χ0n) is 11.8. The Kier molecular flexibility index (Phi) is 4.41. The summed E-state index contributed by atoms with van der Waals surface area (Å²) >= 11 is 3.43. The molecule has 0 atom stereocenters. The monoisotopic (exact) mass is 329 g/mol. The smallest absolute Gasteiger partial charge is 0.103 e. The van der Waals surface area contributed by atoms with E-state index in [-0.39, 0.29) is 0 Å². The Balaban J connectivity index is 2.32. The molecule has 1 aromatic carbocycles. The number of hydrogen-bond acceptors (Lipinski definition) is 3. The van der Waals surface area contributed by atoms with Crippen molar-refractivity contribution in [3.8, 4) is 6.07 Å². The number of nitrogens with zero attached hydrogens (tertiary/aromatic N) is 3. The molecule has 0 aliphatic rings. The van der Waals surface area contributed by atoms with Crippen molar-refractivity contribution in [3.63, 3.8) is 0 Å². The van der Waals surface area contributed by atoms with E-state index in [1.807, 2.05) is 39.1 Å². The Labute approximate surface area is 128 Å². The van der Waals surface area contributed by atoms with Crippen molar-refractivity contribution in [2.24, 2.45) is 0 Å². The molecule has 4 heteroatoms. The molecular weight excluding hydrogens is 314 g/mol. The number of rotatable bonds is 3. The van der Waals surface area contributed by atoms with Gasteiger partial charge in [0.05, 0.1) is 16.9 Å². The molecule has 0 aliphatic heterocycles. The highest BCUT2D eigenvalue weighted by molar-refractivity contribution is 9.10. The van der Waals surface area contributed by atoms with Crippen LogP contribution in [0.25, 0.3) is 0 Å². The fourth-order valence-electron chi connectivity index (χ4n) is 2.20. The SMILES string of the molecule is Cc1cc(N(C)Cc2ccc(Br)cc2)c(C#N)c(C)n1. The number of pyridine rings is 1. The zero-order chi connectivity index (χ0) is 14.7. The van der Waals surface area contributed by atoms with Crippen molar-refractivity contribution in [1.82, 2.24) is 4.98 Å². The Morgan fingerprint density at radius 1 is 1.25 bits per heavy atom. The molecule has 0 amide bonds. The number of aromatic nitrogens is 1. The number of aryl methyl sites for hydroxylation is 2. The van der Waals surface area contributed by atoms with Gasteiger partial charge in [0.1, 0.15) is 6.07 Å². The summed E-state index contributed by atoms with van der Waals surface area (Å²) in [5.74, 6) is 0. The van der Waals surface area contributed by atoms with Crippen molar-refractivity contribution in [3.05, 3.63) is 57.3 Å². The molecule has 0 fully saturated rings. The van der Waals surface area contributed by atoms with Gasteiger partial charge in [-0.15, -0.1) is 0 Å². The third kappa shape index (κ3) is 3.17. The molecule has 0 radical (unpaired) electrons. The molecule has 0 N–H and O–H groups in total. The Hall–Kier alpha value is -1.86. The van der Waals surface area contributed by atoms with Gasteiger partial charge in [-0.05, 0) is 37.6 Å². The van der Waals surface area contributed by atoms with Gasteiger partial charge in [-0.2, -0.15) is 5.26 Å². The number of anilines is 1. The summed E-state index contributed by atoms with van der Waals surface area (Å²) in [7, 11) is 2.00. The average molecular weight is 330 g/mol. The highest BCUT2D eigenvalue weighted by atomic mass is 79.9. The molecule has 20 heavy (non-hydrogen) atoms. The van der Waals surface area contributed by atoms with Crippen molar-refractivity contribution >= 4 is 21.6 Å². The molecule has 2 aromatic rings. The van der Waals surface area contributed by atoms with Crippen LogP contribution in [0.5, 0.6) is 0 Å². The molecule has 0 saturated carbocycles. The second-order valence-corrected chi connectivity index (χ2v) is 5.75. The molecule has 0 saturated heterocycles. The topological polar surface area (TPSA) is 39.9 Å². The largest absolute Gasteiger partial charge is 0.369 e. The van der Waals surface area contributed by atoms with Crippen LogP contribution in [-0.4, -0.2) is 12.0 Å². The lowest BCUT2D eigenvalue weighted by Crippen LogP contribution is -2.18. The third-order valence-corrected chi connectivity index (χ3v) is 3.69. The van der Waals surface area contributed by atoms with Gasteiger partial charge in [-0.25, -0.2) is 0 Å². The predicted molar refractivity (Wildman–Crippen MR) is 84.7 cm³/mol. The van der Waals surface area contributed by atoms with Gasteiger partial charge in [0.2, 0.25) is 0 Å². The first kappa shape index (κ1) is 14.5. The minimum Gasteiger partial charge on any atom is -0.369 e. The van der Waals surface area contributed by atoms with Crippen LogP contribution < -0.4 is 4.90 Å². The highest BCUT2D eigenvalue weighted by Crippen LogP contribution is 2.24. The van der Waals surface area contributed by atoms with Crippen LogP contribution in [-0.2, 0) is 6.54 Å². The summed E-state index contributed by atoms with van der Waals surface area (Å²) in [6, 6.07) is 12.4. The van der Waals surface area contributed by atoms with Crippen molar-refractivity contribution < 1.29 is 0 Å². The van der Waals surface area contributed by atoms with Gasteiger partial charge in [-0.3, -0.25) is 4.98 Å². The third-order valence-electron chi connectivity index (χ3n) is 3.16. The number of nitriles is 1. The number of benzene rings is 1. The van der Waals surface area contributed by atoms with Crippen LogP contribution in [0.1, 0.15) is 22.5 Å². The molecule has 1 aromatic heterocycles. The van der Waals surface area contributed by atoms with Gasteiger partial charge < -0.3 is 4.90 Å². The quantitative estimate of drug-likeness (QED) is 0.855. The van der Waals surface area contributed by atoms with Crippen LogP contribution in [0, 0.1) is 25.2 Å². The molecule has 0 unspecified atom stereocenters. The zero-order valence-corrected chi connectivity index (χ0v) is 13.4. The maximum absolute atomic E-state index is 9.32. The maximum atomic E-state index is 9.32. The normalized spacial score (nSPS) is 10.2. The highest BCUT2D eigenvalue weighted by Gasteiger charge is 2.12. The maximum Gasteiger partial charge on any atom is 0.103 e. The Bertz CT molecular complexity index is 657. The molecule has 2 rings (SSSR count). The Morgan fingerprint density at radius 2 is 1.90 bits per heavy atom. The second kappa shape index (κ2) is 6.06. The van der Waals surface area contributed by atoms with Gasteiger partial charge >= 0.3 is 0 Å². The minimum absolute atomic E-state index is 0.648. The molecular formula is C16H16BrN3. The van der Waals surface area contributed by atoms with Crippen LogP contribution in [0.15, 0.2) is 34.8 Å². The van der Waals surface area contributed by atoms with E-state index in [1.54, 1.807) is 0 Å². The molecule has 0 spiro atoms. The standard InChI is InChI=1S/C16H16BrN3/c1-11-8-16(15(9-18)12(2)19-11)20(3)10-13-4-6-14(17)7-5-13/h4-8H,10H2,1-3H3. The van der Waals surface area contributed by atoms with Gasteiger partial charge in [-0.1, -0.05) is 28.1 Å². The first-order valence-electron chi connectivity index (χ1n) is 6.35. The van der Waals surface area contributed by atoms with Crippen LogP contribution in [0.4, 0.5) is 5.69 Å². The van der Waals surface area contributed by atoms with Crippen molar-refractivity contribution in [1.29, 1.82) is 5.26 Å². The van der Waals surface area contributed by atoms with Crippen molar-refractivity contribution in [2.75, 3.05) is 11.9 Å². The first-order chi connectivity index (χ1) is 9.51. The van der Waals surface area contributed by atoms with Crippen molar-refractivity contribution in [2.45, 2.75) is 20.4 Å². The first-order valence-corrected chi connectivity index (χ1v) is 7.14. The summed E-state index contributed by atoms with van der Waals surface area (Å²) < 4.78 is 1.07. The van der Waals surface area contributed by atoms with E-state index in [0.29, 0.717) is 5.56 Å². The summed E-state index contributed by atoms with van der Waals surface area (Å²) in [6.07, 6.45) is 0. The average Bonchev–Trinajstić information content (AvgIpc) is 2.40. The summed E-state index contributed by atoms with van der Waals surface area (Å²) in [5, 5.41) is 9.32. The summed E-state index contributed by atoms with van der Waals surface area (Å²) in [4.78, 5) is 6.44. The molecule has 102 valence electrons. The second-order valence-electron chi connectivity index (χ2n) is 4.84. The van der Waals surface area contributed by atoms with E-state index in [0.717, 1.165) is 28.1 Å². The fourth-order valence-corrected chi connectivity index (χ4v) is 2.46. The van der Waals surface area contributed by atoms with Gasteiger partial charge in [0.15, 0.2) is 0 Å². The molecule has 3 nitrogen and oxygen atoms in total. The number of halogens is 1. The van der Waals surface area contributed by atoms with Gasteiger partial charge in [0.25, 0.3) is 0 Å². The van der Waals surface area contributed by atoms with E-state index in [4.69, 9.17) is 0 Å². The Morgan fingerprint density at radius 3 is 2.50 bits per heavy atom. The van der Waals surface area contributed by atoms with E-state index in [1.165, 1.54) is 5.56 Å². The van der Waals surface area contributed by atoms with Crippen LogP contribution in [0.3, 0.4) is 0 Å². The lowest BCUT2D eigenvalue weighted by Gasteiger charge is -2.22. The van der Waals surface area contributed by atoms with E-state index >= 15 is 0 Å². The molecule has 0 bridgehead atoms. The van der Waals surface area contributed by atoms with Crippen LogP contribution >= 0.6 is 15.9 Å². The fraction of sp³-hybridized carbons (Fsp3) is 0.250. The van der Waals surface area contributed by atoms with E-state index in [9.17, 15) is 5.26 Å². The summed E-state index contributed by atoms with van der Waals surface area (Å²) in [6.45, 7) is 4.58. The van der Waals surface area contributed by atoms with E-state index in [2.05, 4.69) is 44.0 Å².